The summed E-state index contributed by atoms with van der Waals surface area (Å²) < 4.78 is 34.6. The number of aryl methyl sites for hydroxylation is 1. The van der Waals surface area contributed by atoms with Crippen LogP contribution in [0.5, 0.6) is 0 Å². The summed E-state index contributed by atoms with van der Waals surface area (Å²) in [6, 6.07) is 27.2. The molecule has 0 unspecified atom stereocenters. The number of thioether (sulfide) groups is 1. The van der Waals surface area contributed by atoms with E-state index >= 15 is 0 Å². The molecule has 10 heteroatoms. The molecule has 0 saturated carbocycles. The lowest BCUT2D eigenvalue weighted by Gasteiger charge is -2.26. The number of hydrogen-bond acceptors (Lipinski definition) is 7. The Balaban J connectivity index is 1.38. The van der Waals surface area contributed by atoms with E-state index in [4.69, 9.17) is 0 Å². The smallest absolute Gasteiger partial charge is 0.263 e. The quantitative estimate of drug-likeness (QED) is 0.141. The fourth-order valence-electron chi connectivity index (χ4n) is 6.14. The van der Waals surface area contributed by atoms with Crippen molar-refractivity contribution in [2.75, 3.05) is 30.4 Å². The van der Waals surface area contributed by atoms with Gasteiger partial charge in [-0.3, -0.25) is 9.52 Å². The van der Waals surface area contributed by atoms with Gasteiger partial charge in [-0.2, -0.15) is 4.57 Å². The number of carbonyl (C=O) groups excluding carboxylic acids is 1. The molecule has 0 amide bonds. The maximum Gasteiger partial charge on any atom is 0.263 e. The van der Waals surface area contributed by atoms with E-state index in [2.05, 4.69) is 52.3 Å². The Kier molecular flexibility index (Phi) is 7.75. The van der Waals surface area contributed by atoms with Gasteiger partial charge in [-0.1, -0.05) is 71.6 Å². The fraction of sp³-hybridized carbons (Fsp3) is 0.167. The summed E-state index contributed by atoms with van der Waals surface area (Å²) in [5, 5.41) is 3.22. The first kappa shape index (κ1) is 30.3. The summed E-state index contributed by atoms with van der Waals surface area (Å²) in [4.78, 5) is 19.3. The highest BCUT2D eigenvalue weighted by molar-refractivity contribution is 8.03. The Hall–Kier alpha value is -4.38. The van der Waals surface area contributed by atoms with Crippen molar-refractivity contribution in [1.82, 2.24) is 4.72 Å². The van der Waals surface area contributed by atoms with E-state index in [0.717, 1.165) is 41.9 Å². The first-order chi connectivity index (χ1) is 22.2. The largest absolute Gasteiger partial charge is 0.377 e. The van der Waals surface area contributed by atoms with Gasteiger partial charge in [-0.15, -0.1) is 0 Å². The number of hydrogen-bond donors (Lipinski definition) is 1. The van der Waals surface area contributed by atoms with E-state index in [-0.39, 0.29) is 10.7 Å². The van der Waals surface area contributed by atoms with Crippen LogP contribution >= 0.6 is 23.1 Å². The molecule has 7 rings (SSSR count). The molecule has 2 heterocycles. The third-order valence-corrected chi connectivity index (χ3v) is 12.0. The van der Waals surface area contributed by atoms with Crippen LogP contribution in [0.2, 0.25) is 0 Å². The van der Waals surface area contributed by atoms with Crippen LogP contribution in [-0.2, 0) is 21.4 Å². The van der Waals surface area contributed by atoms with Crippen LogP contribution in [0, 0.1) is 0 Å². The molecule has 0 radical (unpaired) electrons. The van der Waals surface area contributed by atoms with E-state index in [0.29, 0.717) is 35.3 Å². The first-order valence-corrected chi connectivity index (χ1v) is 18.2. The molecule has 1 N–H and O–H groups in total. The second-order valence-electron chi connectivity index (χ2n) is 11.3. The highest BCUT2D eigenvalue weighted by Crippen LogP contribution is 2.47. The lowest BCUT2D eigenvalue weighted by atomic mass is 9.86. The molecule has 46 heavy (non-hydrogen) atoms. The van der Waals surface area contributed by atoms with Crippen molar-refractivity contribution in [3.8, 4) is 0 Å². The lowest BCUT2D eigenvalue weighted by molar-refractivity contribution is -0.665. The van der Waals surface area contributed by atoms with E-state index in [1.165, 1.54) is 0 Å². The summed E-state index contributed by atoms with van der Waals surface area (Å²) in [6.45, 7) is 5.55. The van der Waals surface area contributed by atoms with Gasteiger partial charge in [-0.05, 0) is 50.3 Å². The molecule has 0 bridgehead atoms. The minimum Gasteiger partial charge on any atom is -0.377 e. The Morgan fingerprint density at radius 2 is 1.63 bits per heavy atom. The number of rotatable bonds is 8. The Morgan fingerprint density at radius 1 is 0.891 bits per heavy atom. The standard InChI is InChI=1S/C36H32N4O3S3/c1-5-39-28-15-7-9-18-30(28)44-33(39)21-25-35(26(36(25)41)22-34-40(6-2)29-16-8-10-19-31(29)45-34)37-46(42,43)32-20-12-13-23-24(32)14-11-17-27(23)38(3)4/h7-22H,5-6H2,1-4H3/p+1. The maximum atomic E-state index is 14.2. The van der Waals surface area contributed by atoms with Crippen molar-refractivity contribution in [3.63, 3.8) is 0 Å². The van der Waals surface area contributed by atoms with E-state index in [1.807, 2.05) is 79.7 Å². The second kappa shape index (κ2) is 11.8. The summed E-state index contributed by atoms with van der Waals surface area (Å²) in [7, 11) is -0.218. The van der Waals surface area contributed by atoms with E-state index in [1.54, 1.807) is 35.2 Å². The highest BCUT2D eigenvalue weighted by atomic mass is 32.2. The fourth-order valence-corrected chi connectivity index (χ4v) is 9.80. The molecule has 5 aromatic rings. The minimum absolute atomic E-state index is 0.162. The molecule has 1 aromatic heterocycles. The number of allylic oxidation sites excluding steroid dienone is 3. The summed E-state index contributed by atoms with van der Waals surface area (Å²) in [5.74, 6) is -0.189. The number of carbonyl (C=O) groups is 1. The number of nitrogens with one attached hydrogen (secondary N) is 1. The van der Waals surface area contributed by atoms with Gasteiger partial charge < -0.3 is 9.80 Å². The normalized spacial score (nSPS) is 16.5. The minimum atomic E-state index is -4.09. The first-order valence-electron chi connectivity index (χ1n) is 15.1. The number of thiazole rings is 1. The molecule has 7 nitrogen and oxygen atoms in total. The molecule has 0 spiro atoms. The number of benzene rings is 4. The van der Waals surface area contributed by atoms with Gasteiger partial charge in [-0.25, -0.2) is 8.42 Å². The van der Waals surface area contributed by atoms with Crippen LogP contribution in [0.4, 0.5) is 11.4 Å². The zero-order chi connectivity index (χ0) is 32.2. The molecule has 1 aliphatic carbocycles. The number of fused-ring (bicyclic) bond motifs is 3. The number of para-hydroxylation sites is 2. The Bertz CT molecular complexity index is 2260. The van der Waals surface area contributed by atoms with Crippen LogP contribution < -0.4 is 19.1 Å². The molecule has 4 aromatic carbocycles. The summed E-state index contributed by atoms with van der Waals surface area (Å²) in [6.07, 6.45) is 3.66. The molecule has 0 atom stereocenters. The number of Topliss-reactive ketones (excluding diaryl/α,β-unsaturated/α-hetero) is 1. The zero-order valence-corrected chi connectivity index (χ0v) is 28.4. The number of sulfonamides is 1. The van der Waals surface area contributed by atoms with Gasteiger partial charge in [0.15, 0.2) is 5.78 Å². The predicted molar refractivity (Wildman–Crippen MR) is 190 cm³/mol. The average Bonchev–Trinajstić information content (AvgIpc) is 3.61. The zero-order valence-electron chi connectivity index (χ0n) is 25.9. The van der Waals surface area contributed by atoms with Crippen molar-refractivity contribution in [1.29, 1.82) is 0 Å². The summed E-state index contributed by atoms with van der Waals surface area (Å²) in [5.41, 5.74) is 4.08. The monoisotopic (exact) mass is 665 g/mol. The third-order valence-electron chi connectivity index (χ3n) is 8.34. The lowest BCUT2D eigenvalue weighted by Crippen LogP contribution is -2.37. The van der Waals surface area contributed by atoms with Gasteiger partial charge in [0.2, 0.25) is 5.52 Å². The van der Waals surface area contributed by atoms with Gasteiger partial charge >= 0.3 is 0 Å². The third kappa shape index (κ3) is 5.01. The topological polar surface area (TPSA) is 73.6 Å². The second-order valence-corrected chi connectivity index (χ2v) is 15.0. The van der Waals surface area contributed by atoms with Gasteiger partial charge in [0, 0.05) is 54.1 Å². The van der Waals surface area contributed by atoms with Crippen molar-refractivity contribution in [3.05, 3.63) is 118 Å². The van der Waals surface area contributed by atoms with Crippen molar-refractivity contribution in [2.45, 2.75) is 30.2 Å². The molecular formula is C36H33N4O3S3+. The van der Waals surface area contributed by atoms with E-state index < -0.39 is 10.0 Å². The van der Waals surface area contributed by atoms with Gasteiger partial charge in [0.1, 0.15) is 11.2 Å². The number of anilines is 2. The molecule has 0 saturated heterocycles. The summed E-state index contributed by atoms with van der Waals surface area (Å²) >= 11 is 3.17. The number of aromatic nitrogens is 1. The van der Waals surface area contributed by atoms with Gasteiger partial charge in [0.05, 0.1) is 32.5 Å². The number of nitrogens with zero attached hydrogens (tertiary/aromatic N) is 3. The maximum absolute atomic E-state index is 14.2. The van der Waals surface area contributed by atoms with Crippen molar-refractivity contribution >= 4 is 77.3 Å². The van der Waals surface area contributed by atoms with Crippen LogP contribution in [0.3, 0.4) is 0 Å². The van der Waals surface area contributed by atoms with Crippen LogP contribution in [-0.4, -0.2) is 34.8 Å². The molecule has 1 aliphatic heterocycles. The highest BCUT2D eigenvalue weighted by Gasteiger charge is 2.38. The SMILES string of the molecule is CCN1C(=CC2=C(NS(=O)(=O)c3cccc4c(N(C)C)cccc34)C(=Cc3sc4ccccc4[n+]3CC)C2=O)Sc2ccccc21. The van der Waals surface area contributed by atoms with Crippen LogP contribution in [0.25, 0.3) is 27.1 Å². The molecule has 2 aliphatic rings. The molecular weight excluding hydrogens is 633 g/mol. The Morgan fingerprint density at radius 3 is 2.41 bits per heavy atom. The van der Waals surface area contributed by atoms with Crippen LogP contribution in [0.1, 0.15) is 18.9 Å². The molecule has 232 valence electrons. The average molecular weight is 666 g/mol. The predicted octanol–water partition coefficient (Wildman–Crippen LogP) is 7.10. The van der Waals surface area contributed by atoms with Crippen molar-refractivity contribution < 1.29 is 17.8 Å². The van der Waals surface area contributed by atoms with E-state index in [9.17, 15) is 13.2 Å². The van der Waals surface area contributed by atoms with Gasteiger partial charge in [0.25, 0.3) is 15.0 Å². The number of ketones is 1. The molecule has 0 fully saturated rings. The van der Waals surface area contributed by atoms with Crippen molar-refractivity contribution in [2.24, 2.45) is 0 Å². The van der Waals surface area contributed by atoms with Crippen LogP contribution in [0.15, 0.2) is 123 Å². The Labute approximate surface area is 277 Å².